The zero-order valence-electron chi connectivity index (χ0n) is 11.9. The lowest BCUT2D eigenvalue weighted by Crippen LogP contribution is -2.25. The van der Waals surface area contributed by atoms with Gasteiger partial charge in [-0.25, -0.2) is 0 Å². The van der Waals surface area contributed by atoms with E-state index in [0.29, 0.717) is 11.4 Å². The fourth-order valence-corrected chi connectivity index (χ4v) is 2.29. The summed E-state index contributed by atoms with van der Waals surface area (Å²) in [6, 6.07) is 7.01. The molecule has 5 nitrogen and oxygen atoms in total. The Morgan fingerprint density at radius 1 is 1.38 bits per heavy atom. The molecular weight excluding hydrogens is 292 g/mol. The van der Waals surface area contributed by atoms with Gasteiger partial charge in [-0.3, -0.25) is 14.4 Å². The molecule has 112 valence electrons. The van der Waals surface area contributed by atoms with Crippen LogP contribution in [-0.4, -0.2) is 23.6 Å². The molecule has 0 aliphatic carbocycles. The molecule has 1 aromatic carbocycles. The molecule has 1 aliphatic rings. The van der Waals surface area contributed by atoms with Gasteiger partial charge in [-0.1, -0.05) is 19.9 Å². The number of rotatable bonds is 4. The van der Waals surface area contributed by atoms with Crippen molar-refractivity contribution in [3.63, 3.8) is 0 Å². The molecular formula is C15H17ClN2O3. The van der Waals surface area contributed by atoms with Crippen molar-refractivity contribution in [2.75, 3.05) is 16.8 Å². The lowest BCUT2D eigenvalue weighted by atomic mass is 10.1. The third-order valence-electron chi connectivity index (χ3n) is 3.40. The Bertz CT molecular complexity index is 586. The lowest BCUT2D eigenvalue weighted by Gasteiger charge is -2.17. The number of nitrogens with zero attached hydrogens (tertiary/aromatic N) is 1. The van der Waals surface area contributed by atoms with E-state index in [4.69, 9.17) is 11.6 Å². The predicted octanol–water partition coefficient (Wildman–Crippen LogP) is 2.40. The molecule has 1 fully saturated rings. The van der Waals surface area contributed by atoms with Gasteiger partial charge in [0, 0.05) is 30.3 Å². The van der Waals surface area contributed by atoms with Crippen LogP contribution in [0.2, 0.25) is 0 Å². The normalized spacial score (nSPS) is 18.2. The zero-order chi connectivity index (χ0) is 15.6. The van der Waals surface area contributed by atoms with Crippen molar-refractivity contribution in [2.24, 2.45) is 11.8 Å². The molecule has 0 bridgehead atoms. The molecule has 2 rings (SSSR count). The SMILES string of the molecule is CC(C)C(=O)Nc1cccc(N2C[C@H](C(=O)Cl)CC2=O)c1. The molecule has 21 heavy (non-hydrogen) atoms. The molecule has 0 radical (unpaired) electrons. The Balaban J connectivity index is 2.16. The summed E-state index contributed by atoms with van der Waals surface area (Å²) in [4.78, 5) is 36.4. The van der Waals surface area contributed by atoms with Gasteiger partial charge in [0.25, 0.3) is 0 Å². The fourth-order valence-electron chi connectivity index (χ4n) is 2.15. The first kappa shape index (κ1) is 15.5. The van der Waals surface area contributed by atoms with E-state index in [-0.39, 0.29) is 30.7 Å². The first-order valence-corrected chi connectivity index (χ1v) is 7.17. The van der Waals surface area contributed by atoms with Crippen LogP contribution in [0, 0.1) is 11.8 Å². The fraction of sp³-hybridized carbons (Fsp3) is 0.400. The first-order chi connectivity index (χ1) is 9.88. The number of hydrogen-bond donors (Lipinski definition) is 1. The van der Waals surface area contributed by atoms with Crippen LogP contribution in [0.15, 0.2) is 24.3 Å². The highest BCUT2D eigenvalue weighted by atomic mass is 35.5. The van der Waals surface area contributed by atoms with Gasteiger partial charge in [0.2, 0.25) is 17.1 Å². The van der Waals surface area contributed by atoms with E-state index >= 15 is 0 Å². The molecule has 0 spiro atoms. The number of carbonyl (C=O) groups excluding carboxylic acids is 3. The predicted molar refractivity (Wildman–Crippen MR) is 81.2 cm³/mol. The van der Waals surface area contributed by atoms with Crippen LogP contribution in [-0.2, 0) is 14.4 Å². The zero-order valence-corrected chi connectivity index (χ0v) is 12.7. The number of halogens is 1. The van der Waals surface area contributed by atoms with Gasteiger partial charge in [0.15, 0.2) is 0 Å². The van der Waals surface area contributed by atoms with E-state index in [0.717, 1.165) is 0 Å². The maximum atomic E-state index is 12.0. The summed E-state index contributed by atoms with van der Waals surface area (Å²) >= 11 is 5.46. The van der Waals surface area contributed by atoms with Gasteiger partial charge in [-0.2, -0.15) is 0 Å². The van der Waals surface area contributed by atoms with Crippen molar-refractivity contribution in [3.8, 4) is 0 Å². The summed E-state index contributed by atoms with van der Waals surface area (Å²) in [7, 11) is 0. The number of hydrogen-bond acceptors (Lipinski definition) is 3. The maximum Gasteiger partial charge on any atom is 0.227 e. The van der Waals surface area contributed by atoms with Crippen LogP contribution < -0.4 is 10.2 Å². The number of benzene rings is 1. The van der Waals surface area contributed by atoms with Gasteiger partial charge < -0.3 is 10.2 Å². The second-order valence-electron chi connectivity index (χ2n) is 5.40. The van der Waals surface area contributed by atoms with Crippen molar-refractivity contribution in [1.82, 2.24) is 0 Å². The minimum atomic E-state index is -0.491. The van der Waals surface area contributed by atoms with Gasteiger partial charge in [-0.05, 0) is 29.8 Å². The molecule has 0 saturated carbocycles. The second-order valence-corrected chi connectivity index (χ2v) is 5.78. The van der Waals surface area contributed by atoms with E-state index in [9.17, 15) is 14.4 Å². The van der Waals surface area contributed by atoms with E-state index < -0.39 is 11.2 Å². The molecule has 2 amide bonds. The highest BCUT2D eigenvalue weighted by molar-refractivity contribution is 6.64. The van der Waals surface area contributed by atoms with Gasteiger partial charge in [-0.15, -0.1) is 0 Å². The maximum absolute atomic E-state index is 12.0. The van der Waals surface area contributed by atoms with Crippen LogP contribution in [0.3, 0.4) is 0 Å². The Kier molecular flexibility index (Phi) is 4.63. The number of anilines is 2. The molecule has 1 saturated heterocycles. The van der Waals surface area contributed by atoms with E-state index in [1.54, 1.807) is 38.1 Å². The molecule has 1 aromatic rings. The van der Waals surface area contributed by atoms with Gasteiger partial charge >= 0.3 is 0 Å². The van der Waals surface area contributed by atoms with Crippen molar-refractivity contribution < 1.29 is 14.4 Å². The largest absolute Gasteiger partial charge is 0.326 e. The van der Waals surface area contributed by atoms with Crippen LogP contribution in [0.5, 0.6) is 0 Å². The first-order valence-electron chi connectivity index (χ1n) is 6.79. The summed E-state index contributed by atoms with van der Waals surface area (Å²) in [6.45, 7) is 3.89. The summed E-state index contributed by atoms with van der Waals surface area (Å²) in [6.07, 6.45) is 0.130. The molecule has 1 heterocycles. The average molecular weight is 309 g/mol. The third-order valence-corrected chi connectivity index (χ3v) is 3.70. The molecule has 1 atom stereocenters. The van der Waals surface area contributed by atoms with Crippen molar-refractivity contribution >= 4 is 40.0 Å². The standard InChI is InChI=1S/C15H17ClN2O3/c1-9(2)15(21)17-11-4-3-5-12(7-11)18-8-10(14(16)20)6-13(18)19/h3-5,7,9-10H,6,8H2,1-2H3,(H,17,21)/t10-/m1/s1. The van der Waals surface area contributed by atoms with E-state index in [1.807, 2.05) is 0 Å². The summed E-state index contributed by atoms with van der Waals surface area (Å²) < 4.78 is 0. The highest BCUT2D eigenvalue weighted by Gasteiger charge is 2.34. The van der Waals surface area contributed by atoms with Crippen molar-refractivity contribution in [1.29, 1.82) is 0 Å². The number of amides is 2. The summed E-state index contributed by atoms with van der Waals surface area (Å²) in [5.74, 6) is -0.816. The van der Waals surface area contributed by atoms with Crippen LogP contribution >= 0.6 is 11.6 Å². The Labute approximate surface area is 128 Å². The van der Waals surface area contributed by atoms with Crippen LogP contribution in [0.25, 0.3) is 0 Å². The monoisotopic (exact) mass is 308 g/mol. The average Bonchev–Trinajstić information content (AvgIpc) is 2.81. The Hall–Kier alpha value is -1.88. The summed E-state index contributed by atoms with van der Waals surface area (Å²) in [5.41, 5.74) is 1.28. The van der Waals surface area contributed by atoms with Gasteiger partial charge in [0.1, 0.15) is 0 Å². The van der Waals surface area contributed by atoms with Crippen LogP contribution in [0.1, 0.15) is 20.3 Å². The lowest BCUT2D eigenvalue weighted by molar-refractivity contribution is -0.120. The highest BCUT2D eigenvalue weighted by Crippen LogP contribution is 2.28. The van der Waals surface area contributed by atoms with Crippen molar-refractivity contribution in [2.45, 2.75) is 20.3 Å². The Morgan fingerprint density at radius 3 is 2.67 bits per heavy atom. The smallest absolute Gasteiger partial charge is 0.227 e. The molecule has 1 aliphatic heterocycles. The van der Waals surface area contributed by atoms with Crippen molar-refractivity contribution in [3.05, 3.63) is 24.3 Å². The quantitative estimate of drug-likeness (QED) is 0.869. The van der Waals surface area contributed by atoms with Crippen LogP contribution in [0.4, 0.5) is 11.4 Å². The van der Waals surface area contributed by atoms with E-state index in [1.165, 1.54) is 4.90 Å². The minimum Gasteiger partial charge on any atom is -0.326 e. The van der Waals surface area contributed by atoms with Gasteiger partial charge in [0.05, 0.1) is 5.92 Å². The topological polar surface area (TPSA) is 66.5 Å². The second kappa shape index (κ2) is 6.26. The van der Waals surface area contributed by atoms with E-state index in [2.05, 4.69) is 5.32 Å². The summed E-state index contributed by atoms with van der Waals surface area (Å²) in [5, 5.41) is 2.29. The Morgan fingerprint density at radius 2 is 2.10 bits per heavy atom. The molecule has 1 N–H and O–H groups in total. The number of nitrogens with one attached hydrogen (secondary N) is 1. The molecule has 0 unspecified atom stereocenters. The third kappa shape index (κ3) is 3.61. The molecule has 0 aromatic heterocycles. The number of carbonyl (C=O) groups is 3. The minimum absolute atomic E-state index is 0.0892. The molecule has 6 heteroatoms.